The third kappa shape index (κ3) is 3.85. The molecule has 148 valence electrons. The maximum Gasteiger partial charge on any atom is 0.226 e. The van der Waals surface area contributed by atoms with E-state index in [1.807, 2.05) is 20.8 Å². The summed E-state index contributed by atoms with van der Waals surface area (Å²) in [6.07, 6.45) is 5.89. The number of nitrogens with zero attached hydrogens (tertiary/aromatic N) is 2. The molecule has 0 N–H and O–H groups in total. The average molecular weight is 363 g/mol. The van der Waals surface area contributed by atoms with E-state index in [9.17, 15) is 9.59 Å². The van der Waals surface area contributed by atoms with E-state index in [1.54, 1.807) is 0 Å². The van der Waals surface area contributed by atoms with E-state index >= 15 is 0 Å². The largest absolute Gasteiger partial charge is 0.337 e. The molecular weight excluding hydrogens is 324 g/mol. The zero-order valence-corrected chi connectivity index (χ0v) is 17.7. The van der Waals surface area contributed by atoms with E-state index in [4.69, 9.17) is 0 Å². The van der Waals surface area contributed by atoms with Crippen LogP contribution >= 0.6 is 0 Å². The lowest BCUT2D eigenvalue weighted by Gasteiger charge is -2.45. The molecule has 2 heterocycles. The van der Waals surface area contributed by atoms with Crippen LogP contribution in [0.5, 0.6) is 0 Å². The molecule has 0 aromatic rings. The molecule has 0 bridgehead atoms. The smallest absolute Gasteiger partial charge is 0.226 e. The first kappa shape index (κ1) is 19.9. The number of carbonyl (C=O) groups excluding carboxylic acids is 2. The van der Waals surface area contributed by atoms with Crippen molar-refractivity contribution >= 4 is 11.7 Å². The van der Waals surface area contributed by atoms with Crippen molar-refractivity contribution in [3.8, 4) is 0 Å². The van der Waals surface area contributed by atoms with Crippen molar-refractivity contribution in [2.45, 2.75) is 91.1 Å². The van der Waals surface area contributed by atoms with Crippen molar-refractivity contribution in [3.63, 3.8) is 0 Å². The minimum atomic E-state index is -0.271. The van der Waals surface area contributed by atoms with Crippen LogP contribution in [0.15, 0.2) is 0 Å². The number of likely N-dealkylation sites (tertiary alicyclic amines) is 2. The number of rotatable bonds is 2. The van der Waals surface area contributed by atoms with Gasteiger partial charge in [0.05, 0.1) is 0 Å². The van der Waals surface area contributed by atoms with Crippen LogP contribution in [0.3, 0.4) is 0 Å². The molecule has 1 saturated carbocycles. The predicted molar refractivity (Wildman–Crippen MR) is 105 cm³/mol. The minimum absolute atomic E-state index is 0.0159. The highest BCUT2D eigenvalue weighted by Crippen LogP contribution is 2.51. The number of carbonyl (C=O) groups is 2. The Morgan fingerprint density at radius 1 is 0.846 bits per heavy atom. The number of hydrogen-bond donors (Lipinski definition) is 0. The van der Waals surface area contributed by atoms with Crippen LogP contribution < -0.4 is 0 Å². The zero-order chi connectivity index (χ0) is 19.3. The van der Waals surface area contributed by atoms with Crippen LogP contribution in [-0.4, -0.2) is 52.2 Å². The van der Waals surface area contributed by atoms with Gasteiger partial charge in [0.25, 0.3) is 0 Å². The molecule has 1 amide bonds. The van der Waals surface area contributed by atoms with Crippen molar-refractivity contribution in [3.05, 3.63) is 0 Å². The third-order valence-corrected chi connectivity index (χ3v) is 6.90. The second-order valence-corrected chi connectivity index (χ2v) is 11.0. The van der Waals surface area contributed by atoms with Gasteiger partial charge in [0.15, 0.2) is 0 Å². The Hall–Kier alpha value is -0.900. The Morgan fingerprint density at radius 3 is 1.85 bits per heavy atom. The van der Waals surface area contributed by atoms with Crippen molar-refractivity contribution in [2.24, 2.45) is 17.3 Å². The second-order valence-electron chi connectivity index (χ2n) is 11.0. The fourth-order valence-electron chi connectivity index (χ4n) is 5.01. The Bertz CT molecular complexity index is 558. The molecule has 4 heteroatoms. The molecule has 1 unspecified atom stereocenters. The number of piperidine rings is 2. The fraction of sp³-hybridized carbons (Fsp3) is 0.909. The Balaban J connectivity index is 1.61. The first-order valence-corrected chi connectivity index (χ1v) is 10.5. The highest BCUT2D eigenvalue weighted by molar-refractivity contribution is 5.87. The van der Waals surface area contributed by atoms with Gasteiger partial charge in [-0.05, 0) is 72.4 Å². The zero-order valence-electron chi connectivity index (χ0n) is 17.7. The fourth-order valence-corrected chi connectivity index (χ4v) is 5.01. The molecule has 4 nitrogen and oxygen atoms in total. The lowest BCUT2D eigenvalue weighted by atomic mass is 9.76. The molecule has 1 atom stereocenters. The molecule has 3 aliphatic rings. The van der Waals surface area contributed by atoms with E-state index in [1.165, 1.54) is 0 Å². The molecule has 26 heavy (non-hydrogen) atoms. The first-order valence-electron chi connectivity index (χ1n) is 10.5. The first-order chi connectivity index (χ1) is 11.9. The third-order valence-electron chi connectivity index (χ3n) is 6.90. The highest BCUT2D eigenvalue weighted by atomic mass is 16.2. The standard InChI is InChI=1S/C22H38N2O2/c1-20(2,3)18(25)17-9-14-24(22(15-17)10-11-22)19(26)16-7-12-23(13-8-16)21(4,5)6/h16-17H,7-15H2,1-6H3. The normalized spacial score (nSPS) is 27.6. The van der Waals surface area contributed by atoms with Crippen LogP contribution in [0.1, 0.15) is 80.1 Å². The van der Waals surface area contributed by atoms with Gasteiger partial charge < -0.3 is 4.90 Å². The minimum Gasteiger partial charge on any atom is -0.337 e. The van der Waals surface area contributed by atoms with E-state index in [0.717, 1.165) is 58.2 Å². The van der Waals surface area contributed by atoms with Crippen LogP contribution in [0.2, 0.25) is 0 Å². The molecular formula is C22H38N2O2. The summed E-state index contributed by atoms with van der Waals surface area (Å²) >= 11 is 0. The van der Waals surface area contributed by atoms with Crippen LogP contribution in [0, 0.1) is 17.3 Å². The highest BCUT2D eigenvalue weighted by Gasteiger charge is 2.55. The summed E-state index contributed by atoms with van der Waals surface area (Å²) in [6.45, 7) is 15.7. The quantitative estimate of drug-likeness (QED) is 0.748. The van der Waals surface area contributed by atoms with Gasteiger partial charge >= 0.3 is 0 Å². The van der Waals surface area contributed by atoms with Gasteiger partial charge in [0, 0.05) is 34.9 Å². The van der Waals surface area contributed by atoms with Crippen molar-refractivity contribution in [1.29, 1.82) is 0 Å². The maximum atomic E-state index is 13.3. The van der Waals surface area contributed by atoms with Crippen LogP contribution in [0.4, 0.5) is 0 Å². The molecule has 0 aromatic heterocycles. The van der Waals surface area contributed by atoms with Gasteiger partial charge in [-0.1, -0.05) is 20.8 Å². The van der Waals surface area contributed by atoms with E-state index in [0.29, 0.717) is 11.7 Å². The SMILES string of the molecule is CC(C)(C)C(=O)C1CCN(C(=O)C2CCN(C(C)(C)C)CC2)C2(CC2)C1. The molecule has 2 saturated heterocycles. The van der Waals surface area contributed by atoms with E-state index in [-0.39, 0.29) is 28.3 Å². The Morgan fingerprint density at radius 2 is 1.38 bits per heavy atom. The maximum absolute atomic E-state index is 13.3. The molecule has 0 aromatic carbocycles. The Labute approximate surface area is 159 Å². The number of amides is 1. The summed E-state index contributed by atoms with van der Waals surface area (Å²) in [7, 11) is 0. The van der Waals surface area contributed by atoms with Gasteiger partial charge in [0.2, 0.25) is 5.91 Å². The molecule has 3 fully saturated rings. The summed E-state index contributed by atoms with van der Waals surface area (Å²) in [5, 5.41) is 0. The van der Waals surface area contributed by atoms with Crippen molar-refractivity contribution in [2.75, 3.05) is 19.6 Å². The number of hydrogen-bond acceptors (Lipinski definition) is 3. The molecule has 3 rings (SSSR count). The van der Waals surface area contributed by atoms with Gasteiger partial charge in [0.1, 0.15) is 5.78 Å². The van der Waals surface area contributed by atoms with Gasteiger partial charge in [-0.3, -0.25) is 14.5 Å². The number of Topliss-reactive ketones (excluding diaryl/α,β-unsaturated/α-hetero) is 1. The topological polar surface area (TPSA) is 40.6 Å². The summed E-state index contributed by atoms with van der Waals surface area (Å²) < 4.78 is 0. The average Bonchev–Trinajstić information content (AvgIpc) is 3.31. The van der Waals surface area contributed by atoms with E-state index in [2.05, 4.69) is 30.6 Å². The van der Waals surface area contributed by atoms with Gasteiger partial charge in [-0.2, -0.15) is 0 Å². The van der Waals surface area contributed by atoms with Crippen LogP contribution in [0.25, 0.3) is 0 Å². The second kappa shape index (κ2) is 6.61. The van der Waals surface area contributed by atoms with Crippen molar-refractivity contribution < 1.29 is 9.59 Å². The lowest BCUT2D eigenvalue weighted by molar-refractivity contribution is -0.146. The van der Waals surface area contributed by atoms with E-state index < -0.39 is 0 Å². The van der Waals surface area contributed by atoms with Crippen molar-refractivity contribution in [1.82, 2.24) is 9.80 Å². The number of ketones is 1. The summed E-state index contributed by atoms with van der Waals surface area (Å²) in [4.78, 5) is 30.7. The summed E-state index contributed by atoms with van der Waals surface area (Å²) in [5.41, 5.74) is -0.0633. The molecule has 1 spiro atoms. The monoisotopic (exact) mass is 362 g/mol. The van der Waals surface area contributed by atoms with Crippen LogP contribution in [-0.2, 0) is 9.59 Å². The van der Waals surface area contributed by atoms with Gasteiger partial charge in [-0.15, -0.1) is 0 Å². The lowest BCUT2D eigenvalue weighted by Crippen LogP contribution is -2.54. The molecule has 2 aliphatic heterocycles. The Kier molecular flexibility index (Phi) is 5.05. The van der Waals surface area contributed by atoms with Gasteiger partial charge in [-0.25, -0.2) is 0 Å². The molecule has 0 radical (unpaired) electrons. The summed E-state index contributed by atoms with van der Waals surface area (Å²) in [6, 6.07) is 0. The molecule has 1 aliphatic carbocycles. The predicted octanol–water partition coefficient (Wildman–Crippen LogP) is 3.88. The summed E-state index contributed by atoms with van der Waals surface area (Å²) in [5.74, 6) is 1.08.